The van der Waals surface area contributed by atoms with Crippen molar-refractivity contribution in [2.24, 2.45) is 0 Å². The van der Waals surface area contributed by atoms with Crippen LogP contribution in [0.5, 0.6) is 0 Å². The molecule has 1 N–H and O–H groups in total. The number of hydrogen-bond donors (Lipinski definition) is 1. The molecule has 3 amide bonds. The lowest BCUT2D eigenvalue weighted by atomic mass is 10.00. The summed E-state index contributed by atoms with van der Waals surface area (Å²) in [5, 5.41) is 2.13. The zero-order chi connectivity index (χ0) is 37.8. The molecule has 0 unspecified atom stereocenters. The summed E-state index contributed by atoms with van der Waals surface area (Å²) < 4.78 is 13.8. The quantitative estimate of drug-likeness (QED) is 0.0909. The number of nitrogens with zero attached hydrogens (tertiary/aromatic N) is 3. The summed E-state index contributed by atoms with van der Waals surface area (Å²) in [7, 11) is 0. The van der Waals surface area contributed by atoms with E-state index in [1.54, 1.807) is 31.7 Å². The number of amides is 3. The Balaban J connectivity index is 1.14. The van der Waals surface area contributed by atoms with Gasteiger partial charge in [-0.15, -0.1) is 11.8 Å². The van der Waals surface area contributed by atoms with Gasteiger partial charge in [-0.3, -0.25) is 14.5 Å². The third kappa shape index (κ3) is 8.26. The van der Waals surface area contributed by atoms with Gasteiger partial charge in [0.25, 0.3) is 5.91 Å². The van der Waals surface area contributed by atoms with E-state index in [0.29, 0.717) is 36.4 Å². The van der Waals surface area contributed by atoms with E-state index in [9.17, 15) is 19.2 Å². The second-order valence-corrected chi connectivity index (χ2v) is 15.6. The van der Waals surface area contributed by atoms with Crippen molar-refractivity contribution < 1.29 is 33.2 Å². The molecule has 3 aliphatic heterocycles. The number of rotatable bonds is 10. The molecule has 10 nitrogen and oxygen atoms in total. The number of alkyl carbamates (subject to hydrolysis) is 1. The van der Waals surface area contributed by atoms with Gasteiger partial charge in [-0.2, -0.15) is 0 Å². The molecule has 4 heterocycles. The van der Waals surface area contributed by atoms with Crippen molar-refractivity contribution >= 4 is 35.6 Å². The lowest BCUT2D eigenvalue weighted by Crippen LogP contribution is -2.70. The molecule has 2 fully saturated rings. The molecule has 54 heavy (non-hydrogen) atoms. The minimum Gasteiger partial charge on any atom is -0.448 e. The first-order valence-electron chi connectivity index (χ1n) is 18.0. The highest BCUT2D eigenvalue weighted by molar-refractivity contribution is 8.00. The Hall–Kier alpha value is -5.68. The summed E-state index contributed by atoms with van der Waals surface area (Å²) in [5.41, 5.74) is 4.17. The van der Waals surface area contributed by atoms with Crippen LogP contribution in [0.4, 0.5) is 4.79 Å². The fourth-order valence-electron chi connectivity index (χ4n) is 6.80. The summed E-state index contributed by atoms with van der Waals surface area (Å²) in [6.45, 7) is 6.97. The SMILES string of the molecule is CC(C)(C)OC(=O)N[C@@H]1C(=O)N2C(C(=O)OC(c3ccccc3)c3ccccc3)=C(/C=C3\CCN(Cc4cc[n+](Cc5ccccc5)cc4)C3=O)CS[C@H]12. The maximum absolute atomic E-state index is 14.4. The zero-order valence-electron chi connectivity index (χ0n) is 30.5. The number of carbonyl (C=O) groups excluding carboxylic acids is 4. The maximum Gasteiger partial charge on any atom is 0.408 e. The predicted molar refractivity (Wildman–Crippen MR) is 204 cm³/mol. The third-order valence-corrected chi connectivity index (χ3v) is 10.7. The Labute approximate surface area is 319 Å². The van der Waals surface area contributed by atoms with Gasteiger partial charge in [0.05, 0.1) is 0 Å². The van der Waals surface area contributed by atoms with E-state index in [-0.39, 0.29) is 11.6 Å². The predicted octanol–water partition coefficient (Wildman–Crippen LogP) is 6.08. The van der Waals surface area contributed by atoms with Crippen LogP contribution in [0.2, 0.25) is 0 Å². The lowest BCUT2D eigenvalue weighted by Gasteiger charge is -2.49. The molecule has 0 spiro atoms. The number of carbonyl (C=O) groups is 4. The minimum atomic E-state index is -0.887. The van der Waals surface area contributed by atoms with Crippen molar-refractivity contribution in [3.63, 3.8) is 0 Å². The van der Waals surface area contributed by atoms with Gasteiger partial charge < -0.3 is 19.7 Å². The van der Waals surface area contributed by atoms with Crippen molar-refractivity contribution in [1.29, 1.82) is 0 Å². The van der Waals surface area contributed by atoms with Crippen molar-refractivity contribution in [1.82, 2.24) is 15.1 Å². The van der Waals surface area contributed by atoms with Crippen molar-refractivity contribution in [2.75, 3.05) is 12.3 Å². The van der Waals surface area contributed by atoms with Gasteiger partial charge in [0.1, 0.15) is 22.7 Å². The molecule has 276 valence electrons. The zero-order valence-corrected chi connectivity index (χ0v) is 31.3. The van der Waals surface area contributed by atoms with Crippen molar-refractivity contribution in [2.45, 2.75) is 63.4 Å². The first-order valence-corrected chi connectivity index (χ1v) is 19.1. The van der Waals surface area contributed by atoms with Gasteiger partial charge in [0, 0.05) is 42.1 Å². The van der Waals surface area contributed by atoms with E-state index in [1.165, 1.54) is 22.2 Å². The summed E-state index contributed by atoms with van der Waals surface area (Å²) in [6.07, 6.45) is 4.82. The summed E-state index contributed by atoms with van der Waals surface area (Å²) >= 11 is 1.41. The number of nitrogens with one attached hydrogen (secondary N) is 1. The molecule has 0 saturated carbocycles. The molecule has 3 aromatic carbocycles. The van der Waals surface area contributed by atoms with Gasteiger partial charge in [-0.1, -0.05) is 91.0 Å². The normalized spacial score (nSPS) is 19.1. The minimum absolute atomic E-state index is 0.0765. The number of fused-ring (bicyclic) bond motifs is 1. The highest BCUT2D eigenvalue weighted by Gasteiger charge is 2.55. The van der Waals surface area contributed by atoms with Crippen molar-refractivity contribution in [3.05, 3.63) is 161 Å². The standard InChI is InChI=1S/C43H42N4O6S/c1-43(2,3)53-42(51)44-35-39(49)47-36(41(50)52-37(31-15-9-5-10-16-31)32-17-11-6-12-18-32)34(28-54-40(35)47)25-33-21-24-46(38(33)48)27-30-19-22-45(23-20-30)26-29-13-7-4-8-14-29/h4-20,22-23,25,35,37,40H,21,24,26-28H2,1-3H3/p+1/b33-25+/t35-,40-/m1/s1. The second-order valence-electron chi connectivity index (χ2n) is 14.5. The summed E-state index contributed by atoms with van der Waals surface area (Å²) in [5.74, 6) is -0.938. The van der Waals surface area contributed by atoms with Crippen LogP contribution < -0.4 is 9.88 Å². The largest absolute Gasteiger partial charge is 0.448 e. The number of benzene rings is 3. The molecule has 1 aromatic heterocycles. The molecule has 3 aliphatic rings. The number of likely N-dealkylation sites (tertiary alicyclic amines) is 1. The number of β-lactam (4-membered cyclic amide) rings is 1. The third-order valence-electron chi connectivity index (χ3n) is 9.40. The molecular weight excluding hydrogens is 701 g/mol. The molecule has 2 saturated heterocycles. The van der Waals surface area contributed by atoms with Crippen LogP contribution in [0, 0.1) is 0 Å². The summed E-state index contributed by atoms with van der Waals surface area (Å²) in [6, 6.07) is 32.2. The molecular formula is C43H43N4O6S+. The van der Waals surface area contributed by atoms with Crippen LogP contribution in [0.3, 0.4) is 0 Å². The molecule has 0 bridgehead atoms. The van der Waals surface area contributed by atoms with E-state index in [0.717, 1.165) is 23.2 Å². The van der Waals surface area contributed by atoms with Crippen LogP contribution in [0.25, 0.3) is 0 Å². The Bertz CT molecular complexity index is 2040. The lowest BCUT2D eigenvalue weighted by molar-refractivity contribution is -0.688. The highest BCUT2D eigenvalue weighted by Crippen LogP contribution is 2.42. The average molecular weight is 744 g/mol. The highest BCUT2D eigenvalue weighted by atomic mass is 32.2. The maximum atomic E-state index is 14.4. The van der Waals surface area contributed by atoms with Crippen LogP contribution in [0.15, 0.2) is 138 Å². The monoisotopic (exact) mass is 743 g/mol. The molecule has 0 radical (unpaired) electrons. The summed E-state index contributed by atoms with van der Waals surface area (Å²) in [4.78, 5) is 57.8. The van der Waals surface area contributed by atoms with E-state index in [4.69, 9.17) is 9.47 Å². The van der Waals surface area contributed by atoms with E-state index >= 15 is 0 Å². The number of pyridine rings is 1. The van der Waals surface area contributed by atoms with Crippen molar-refractivity contribution in [3.8, 4) is 0 Å². The van der Waals surface area contributed by atoms with E-state index in [2.05, 4.69) is 22.0 Å². The van der Waals surface area contributed by atoms with E-state index in [1.807, 2.05) is 103 Å². The number of allylic oxidation sites excluding steroid dienone is 1. The van der Waals surface area contributed by atoms with Gasteiger partial charge in [0.15, 0.2) is 25.0 Å². The Kier molecular flexibility index (Phi) is 10.7. The Morgan fingerprint density at radius 1 is 0.889 bits per heavy atom. The van der Waals surface area contributed by atoms with Crippen LogP contribution in [-0.4, -0.2) is 63.0 Å². The fourth-order valence-corrected chi connectivity index (χ4v) is 8.11. The number of aromatic nitrogens is 1. The first-order chi connectivity index (χ1) is 26.0. The molecule has 2 atom stereocenters. The van der Waals surface area contributed by atoms with Gasteiger partial charge in [0.2, 0.25) is 5.91 Å². The smallest absolute Gasteiger partial charge is 0.408 e. The Morgan fingerprint density at radius 2 is 1.50 bits per heavy atom. The van der Waals surface area contributed by atoms with E-state index < -0.39 is 41.1 Å². The first kappa shape index (κ1) is 36.7. The molecule has 11 heteroatoms. The number of thioether (sulfide) groups is 1. The Morgan fingerprint density at radius 3 is 2.11 bits per heavy atom. The van der Waals surface area contributed by atoms with Gasteiger partial charge in [-0.05, 0) is 55.5 Å². The number of esters is 1. The molecule has 0 aliphatic carbocycles. The van der Waals surface area contributed by atoms with Crippen LogP contribution in [0.1, 0.15) is 55.5 Å². The topological polar surface area (TPSA) is 109 Å². The number of ether oxygens (including phenoxy) is 2. The van der Waals surface area contributed by atoms with Gasteiger partial charge >= 0.3 is 12.1 Å². The van der Waals surface area contributed by atoms with Gasteiger partial charge in [-0.25, -0.2) is 14.2 Å². The second kappa shape index (κ2) is 15.7. The van der Waals surface area contributed by atoms with Crippen LogP contribution in [-0.2, 0) is 36.9 Å². The average Bonchev–Trinajstić information content (AvgIpc) is 3.51. The number of hydrogen-bond acceptors (Lipinski definition) is 7. The van der Waals surface area contributed by atoms with Crippen LogP contribution >= 0.6 is 11.8 Å². The molecule has 4 aromatic rings. The fraction of sp³-hybridized carbons (Fsp3) is 0.279. The molecule has 7 rings (SSSR count).